The number of nitrogens with zero attached hydrogens (tertiary/aromatic N) is 6. The van der Waals surface area contributed by atoms with Crippen LogP contribution in [0.3, 0.4) is 0 Å². The number of benzene rings is 1. The van der Waals surface area contributed by atoms with Gasteiger partial charge >= 0.3 is 0 Å². The Bertz CT molecular complexity index is 790. The second-order valence-electron chi connectivity index (χ2n) is 4.62. The number of tetrazole rings is 1. The van der Waals surface area contributed by atoms with Gasteiger partial charge in [0.25, 0.3) is 0 Å². The molecule has 0 amide bonds. The molecule has 0 aliphatic heterocycles. The molecular weight excluding hydrogens is 270 g/mol. The fourth-order valence-electron chi connectivity index (χ4n) is 2.27. The maximum atomic E-state index is 5.94. The number of aromatic nitrogens is 6. The molecule has 0 unspecified atom stereocenters. The highest BCUT2D eigenvalue weighted by Gasteiger charge is 2.19. The molecular formula is C13H15N7O. The van der Waals surface area contributed by atoms with Crippen molar-refractivity contribution >= 4 is 5.69 Å². The van der Waals surface area contributed by atoms with E-state index < -0.39 is 0 Å². The molecule has 8 nitrogen and oxygen atoms in total. The molecule has 0 aliphatic carbocycles. The molecule has 0 radical (unpaired) electrons. The molecule has 0 saturated heterocycles. The number of nitrogens with two attached hydrogens (primary N) is 1. The minimum Gasteiger partial charge on any atom is -0.494 e. The number of ether oxygens (including phenoxy) is 1. The molecule has 2 aromatic heterocycles. The summed E-state index contributed by atoms with van der Waals surface area (Å²) < 4.78 is 8.71. The van der Waals surface area contributed by atoms with Gasteiger partial charge in [0.15, 0.2) is 11.6 Å². The third-order valence-electron chi connectivity index (χ3n) is 3.18. The highest BCUT2D eigenvalue weighted by atomic mass is 16.5. The van der Waals surface area contributed by atoms with Crippen LogP contribution in [0.25, 0.3) is 17.1 Å². The number of rotatable bonds is 3. The Hall–Kier alpha value is -2.90. The predicted molar refractivity (Wildman–Crippen MR) is 77.1 cm³/mol. The standard InChI is InChI=1S/C13H15N7O/c1-8-11(7-19(2)16-8)20-13(15-17-18-20)9-5-4-6-10(14)12(9)21-3/h4-7H,14H2,1-3H3. The van der Waals surface area contributed by atoms with E-state index in [2.05, 4.69) is 20.6 Å². The van der Waals surface area contributed by atoms with E-state index in [9.17, 15) is 0 Å². The average molecular weight is 285 g/mol. The van der Waals surface area contributed by atoms with Crippen LogP contribution in [-0.4, -0.2) is 37.1 Å². The number of anilines is 1. The molecule has 0 fully saturated rings. The monoisotopic (exact) mass is 285 g/mol. The lowest BCUT2D eigenvalue weighted by Crippen LogP contribution is -2.02. The third kappa shape index (κ3) is 2.10. The first-order valence-corrected chi connectivity index (χ1v) is 6.33. The Morgan fingerprint density at radius 1 is 1.29 bits per heavy atom. The quantitative estimate of drug-likeness (QED) is 0.720. The van der Waals surface area contributed by atoms with Gasteiger partial charge in [-0.05, 0) is 29.5 Å². The van der Waals surface area contributed by atoms with E-state index in [4.69, 9.17) is 10.5 Å². The summed E-state index contributed by atoms with van der Waals surface area (Å²) >= 11 is 0. The van der Waals surface area contributed by atoms with E-state index in [0.717, 1.165) is 16.9 Å². The first kappa shape index (κ1) is 13.1. The summed E-state index contributed by atoms with van der Waals surface area (Å²) in [6.45, 7) is 1.90. The molecule has 2 N–H and O–H groups in total. The number of hydrogen-bond acceptors (Lipinski definition) is 6. The summed E-state index contributed by atoms with van der Waals surface area (Å²) in [7, 11) is 3.42. The molecule has 0 aliphatic rings. The van der Waals surface area contributed by atoms with Gasteiger partial charge in [0.05, 0.1) is 30.3 Å². The molecule has 21 heavy (non-hydrogen) atoms. The molecule has 8 heteroatoms. The van der Waals surface area contributed by atoms with E-state index in [1.54, 1.807) is 22.5 Å². The van der Waals surface area contributed by atoms with Crippen molar-refractivity contribution in [3.8, 4) is 22.8 Å². The number of aryl methyl sites for hydroxylation is 2. The topological polar surface area (TPSA) is 96.7 Å². The molecule has 3 aromatic rings. The van der Waals surface area contributed by atoms with Crippen molar-refractivity contribution in [2.24, 2.45) is 7.05 Å². The van der Waals surface area contributed by atoms with E-state index in [0.29, 0.717) is 17.3 Å². The van der Waals surface area contributed by atoms with Crippen LogP contribution >= 0.6 is 0 Å². The molecule has 108 valence electrons. The zero-order chi connectivity index (χ0) is 15.0. The van der Waals surface area contributed by atoms with Crippen molar-refractivity contribution in [2.75, 3.05) is 12.8 Å². The van der Waals surface area contributed by atoms with Crippen molar-refractivity contribution in [1.29, 1.82) is 0 Å². The van der Waals surface area contributed by atoms with Crippen LogP contribution < -0.4 is 10.5 Å². The van der Waals surface area contributed by atoms with Crippen LogP contribution in [0.4, 0.5) is 5.69 Å². The summed E-state index contributed by atoms with van der Waals surface area (Å²) in [5, 5.41) is 16.2. The number of nitrogen functional groups attached to an aromatic ring is 1. The lowest BCUT2D eigenvalue weighted by molar-refractivity contribution is 0.418. The van der Waals surface area contributed by atoms with Crippen LogP contribution in [0, 0.1) is 6.92 Å². The van der Waals surface area contributed by atoms with Gasteiger partial charge in [0.2, 0.25) is 0 Å². The third-order valence-corrected chi connectivity index (χ3v) is 3.18. The normalized spacial score (nSPS) is 10.8. The lowest BCUT2D eigenvalue weighted by atomic mass is 10.1. The summed E-state index contributed by atoms with van der Waals surface area (Å²) in [4.78, 5) is 0. The first-order valence-electron chi connectivity index (χ1n) is 6.33. The molecule has 0 saturated carbocycles. The molecule has 0 bridgehead atoms. The Balaban J connectivity index is 2.21. The summed E-state index contributed by atoms with van der Waals surface area (Å²) in [5.74, 6) is 1.10. The van der Waals surface area contributed by atoms with Crippen molar-refractivity contribution in [2.45, 2.75) is 6.92 Å². The van der Waals surface area contributed by atoms with Gasteiger partial charge in [-0.15, -0.1) is 5.10 Å². The van der Waals surface area contributed by atoms with E-state index >= 15 is 0 Å². The van der Waals surface area contributed by atoms with Crippen LogP contribution in [-0.2, 0) is 7.05 Å². The van der Waals surface area contributed by atoms with Gasteiger partial charge < -0.3 is 10.5 Å². The molecule has 0 spiro atoms. The average Bonchev–Trinajstić information content (AvgIpc) is 3.04. The Labute approximate surface area is 121 Å². The maximum absolute atomic E-state index is 5.94. The second-order valence-corrected chi connectivity index (χ2v) is 4.62. The van der Waals surface area contributed by atoms with Crippen LogP contribution in [0.5, 0.6) is 5.75 Å². The van der Waals surface area contributed by atoms with Gasteiger partial charge in [0, 0.05) is 7.05 Å². The van der Waals surface area contributed by atoms with Gasteiger partial charge in [0.1, 0.15) is 5.69 Å². The van der Waals surface area contributed by atoms with Crippen LogP contribution in [0.1, 0.15) is 5.69 Å². The van der Waals surface area contributed by atoms with Gasteiger partial charge in [-0.1, -0.05) is 6.07 Å². The van der Waals surface area contributed by atoms with E-state index in [1.807, 2.05) is 32.3 Å². The van der Waals surface area contributed by atoms with E-state index in [1.165, 1.54) is 0 Å². The Morgan fingerprint density at radius 3 is 2.76 bits per heavy atom. The van der Waals surface area contributed by atoms with E-state index in [-0.39, 0.29) is 0 Å². The first-order chi connectivity index (χ1) is 10.1. The van der Waals surface area contributed by atoms with Gasteiger partial charge in [-0.3, -0.25) is 4.68 Å². The summed E-state index contributed by atoms with van der Waals surface area (Å²) in [5.41, 5.74) is 8.84. The predicted octanol–water partition coefficient (Wildman–Crippen LogP) is 0.962. The highest BCUT2D eigenvalue weighted by molar-refractivity contribution is 5.73. The minimum atomic E-state index is 0.535. The van der Waals surface area contributed by atoms with Crippen molar-refractivity contribution in [3.05, 3.63) is 30.1 Å². The Morgan fingerprint density at radius 2 is 2.10 bits per heavy atom. The Kier molecular flexibility index (Phi) is 3.05. The van der Waals surface area contributed by atoms with Crippen molar-refractivity contribution < 1.29 is 4.74 Å². The lowest BCUT2D eigenvalue weighted by Gasteiger charge is -2.10. The number of methoxy groups -OCH3 is 1. The fourth-order valence-corrected chi connectivity index (χ4v) is 2.27. The summed E-state index contributed by atoms with van der Waals surface area (Å²) in [6.07, 6.45) is 1.86. The summed E-state index contributed by atoms with van der Waals surface area (Å²) in [6, 6.07) is 5.47. The van der Waals surface area contributed by atoms with Crippen molar-refractivity contribution in [1.82, 2.24) is 30.0 Å². The fraction of sp³-hybridized carbons (Fsp3) is 0.231. The van der Waals surface area contributed by atoms with Gasteiger partial charge in [-0.25, -0.2) is 0 Å². The molecule has 3 rings (SSSR count). The maximum Gasteiger partial charge on any atom is 0.191 e. The second kappa shape index (κ2) is 4.89. The largest absolute Gasteiger partial charge is 0.494 e. The van der Waals surface area contributed by atoms with Crippen molar-refractivity contribution in [3.63, 3.8) is 0 Å². The number of para-hydroxylation sites is 1. The molecule has 1 aromatic carbocycles. The SMILES string of the molecule is COc1c(N)cccc1-c1nnnn1-c1cn(C)nc1C. The smallest absolute Gasteiger partial charge is 0.191 e. The van der Waals surface area contributed by atoms with Crippen LogP contribution in [0.2, 0.25) is 0 Å². The van der Waals surface area contributed by atoms with Crippen LogP contribution in [0.15, 0.2) is 24.4 Å². The highest BCUT2D eigenvalue weighted by Crippen LogP contribution is 2.34. The molecule has 0 atom stereocenters. The van der Waals surface area contributed by atoms with Gasteiger partial charge in [-0.2, -0.15) is 9.78 Å². The number of hydrogen-bond donors (Lipinski definition) is 1. The zero-order valence-corrected chi connectivity index (χ0v) is 12.0. The zero-order valence-electron chi connectivity index (χ0n) is 12.0. The molecule has 2 heterocycles. The minimum absolute atomic E-state index is 0.535.